The number of benzene rings is 2. The summed E-state index contributed by atoms with van der Waals surface area (Å²) in [7, 11) is 3.37. The number of non-ortho nitro benzene ring substituents is 1. The van der Waals surface area contributed by atoms with Crippen LogP contribution >= 0.6 is 11.8 Å². The number of para-hydroxylation sites is 1. The van der Waals surface area contributed by atoms with Crippen LogP contribution in [0.25, 0.3) is 0 Å². The van der Waals surface area contributed by atoms with Crippen LogP contribution in [0, 0.1) is 10.1 Å². The molecule has 0 bridgehead atoms. The molecular formula is C18H20N2O4S. The molecule has 1 unspecified atom stereocenters. The van der Waals surface area contributed by atoms with Gasteiger partial charge in [0.2, 0.25) is 5.91 Å². The minimum atomic E-state index is -0.442. The van der Waals surface area contributed by atoms with Crippen molar-refractivity contribution in [2.45, 2.75) is 17.9 Å². The van der Waals surface area contributed by atoms with Crippen LogP contribution in [0.15, 0.2) is 53.4 Å². The number of methoxy groups -OCH3 is 1. The molecule has 2 aromatic rings. The third-order valence-corrected chi connectivity index (χ3v) is 4.97. The van der Waals surface area contributed by atoms with E-state index in [2.05, 4.69) is 0 Å². The fourth-order valence-electron chi connectivity index (χ4n) is 2.35. The Morgan fingerprint density at radius 2 is 1.88 bits per heavy atom. The highest BCUT2D eigenvalue weighted by molar-refractivity contribution is 8.00. The van der Waals surface area contributed by atoms with Crippen molar-refractivity contribution in [3.8, 4) is 5.75 Å². The maximum absolute atomic E-state index is 12.5. The van der Waals surface area contributed by atoms with Crippen molar-refractivity contribution in [3.05, 3.63) is 64.2 Å². The number of nitro groups is 1. The van der Waals surface area contributed by atoms with Crippen molar-refractivity contribution in [1.82, 2.24) is 4.90 Å². The third-order valence-electron chi connectivity index (χ3n) is 3.97. The van der Waals surface area contributed by atoms with Gasteiger partial charge in [-0.25, -0.2) is 0 Å². The zero-order valence-electron chi connectivity index (χ0n) is 14.3. The molecule has 0 aliphatic carbocycles. The van der Waals surface area contributed by atoms with E-state index in [4.69, 9.17) is 4.74 Å². The third kappa shape index (κ3) is 4.73. The van der Waals surface area contributed by atoms with E-state index in [9.17, 15) is 14.9 Å². The van der Waals surface area contributed by atoms with Gasteiger partial charge in [0.05, 0.1) is 23.8 Å². The summed E-state index contributed by atoms with van der Waals surface area (Å²) in [6.45, 7) is 1.95. The molecular weight excluding hydrogens is 340 g/mol. The maximum Gasteiger partial charge on any atom is 0.269 e. The molecule has 25 heavy (non-hydrogen) atoms. The topological polar surface area (TPSA) is 72.7 Å². The molecule has 0 N–H and O–H groups in total. The van der Waals surface area contributed by atoms with Gasteiger partial charge in [-0.3, -0.25) is 14.9 Å². The molecule has 1 amide bonds. The van der Waals surface area contributed by atoms with Crippen molar-refractivity contribution >= 4 is 23.4 Å². The van der Waals surface area contributed by atoms with Crippen molar-refractivity contribution < 1.29 is 14.5 Å². The van der Waals surface area contributed by atoms with Gasteiger partial charge >= 0.3 is 0 Å². The Morgan fingerprint density at radius 3 is 2.48 bits per heavy atom. The summed E-state index contributed by atoms with van der Waals surface area (Å²) in [6, 6.07) is 13.7. The molecule has 0 aliphatic heterocycles. The molecule has 1 atom stereocenters. The fourth-order valence-corrected chi connectivity index (χ4v) is 3.17. The minimum Gasteiger partial charge on any atom is -0.496 e. The van der Waals surface area contributed by atoms with Crippen LogP contribution in [0.5, 0.6) is 5.75 Å². The highest BCUT2D eigenvalue weighted by atomic mass is 32.2. The average molecular weight is 360 g/mol. The Bertz CT molecular complexity index is 749. The second-order valence-corrected chi connectivity index (χ2v) is 6.51. The predicted molar refractivity (Wildman–Crippen MR) is 98.0 cm³/mol. The fraction of sp³-hybridized carbons (Fsp3) is 0.278. The zero-order valence-corrected chi connectivity index (χ0v) is 15.2. The Kier molecular flexibility index (Phi) is 6.41. The smallest absolute Gasteiger partial charge is 0.269 e. The Labute approximate surface area is 150 Å². The molecule has 7 heteroatoms. The normalized spacial score (nSPS) is 11.6. The van der Waals surface area contributed by atoms with E-state index in [0.29, 0.717) is 0 Å². The molecule has 0 saturated carbocycles. The lowest BCUT2D eigenvalue weighted by atomic mass is 10.1. The van der Waals surface area contributed by atoms with E-state index in [1.54, 1.807) is 31.2 Å². The lowest BCUT2D eigenvalue weighted by molar-refractivity contribution is -0.384. The summed E-state index contributed by atoms with van der Waals surface area (Å²) in [6.07, 6.45) is 0. The van der Waals surface area contributed by atoms with E-state index in [0.717, 1.165) is 16.2 Å². The molecule has 0 aromatic heterocycles. The number of carbonyl (C=O) groups is 1. The second-order valence-electron chi connectivity index (χ2n) is 5.46. The summed E-state index contributed by atoms with van der Waals surface area (Å²) in [5.74, 6) is 0.979. The Morgan fingerprint density at radius 1 is 1.24 bits per heavy atom. The molecule has 6 nitrogen and oxygen atoms in total. The number of amides is 1. The summed E-state index contributed by atoms with van der Waals surface area (Å²) < 4.78 is 5.36. The summed E-state index contributed by atoms with van der Waals surface area (Å²) in [4.78, 5) is 25.2. The number of thioether (sulfide) groups is 1. The van der Waals surface area contributed by atoms with E-state index in [-0.39, 0.29) is 23.4 Å². The standard InChI is InChI=1S/C18H20N2O4S/c1-13(16-6-4-5-7-17(16)24-3)19(2)18(21)12-25-15-10-8-14(9-11-15)20(22)23/h4-11,13H,12H2,1-3H3. The van der Waals surface area contributed by atoms with E-state index < -0.39 is 4.92 Å². The minimum absolute atomic E-state index is 0.0261. The number of nitrogens with zero attached hydrogens (tertiary/aromatic N) is 2. The van der Waals surface area contributed by atoms with Gasteiger partial charge in [-0.2, -0.15) is 0 Å². The summed E-state index contributed by atoms with van der Waals surface area (Å²) >= 11 is 1.35. The van der Waals surface area contributed by atoms with E-state index in [1.165, 1.54) is 23.9 Å². The van der Waals surface area contributed by atoms with Crippen molar-refractivity contribution in [2.75, 3.05) is 19.9 Å². The number of rotatable bonds is 7. The molecule has 2 rings (SSSR count). The van der Waals surface area contributed by atoms with Crippen LogP contribution in [-0.4, -0.2) is 35.6 Å². The zero-order chi connectivity index (χ0) is 18.4. The number of nitro benzene ring substituents is 1. The summed E-state index contributed by atoms with van der Waals surface area (Å²) in [5, 5.41) is 10.7. The predicted octanol–water partition coefficient (Wildman–Crippen LogP) is 3.92. The second kappa shape index (κ2) is 8.53. The monoisotopic (exact) mass is 360 g/mol. The van der Waals surface area contributed by atoms with Crippen LogP contribution in [0.4, 0.5) is 5.69 Å². The highest BCUT2D eigenvalue weighted by Gasteiger charge is 2.20. The van der Waals surface area contributed by atoms with Crippen LogP contribution < -0.4 is 4.74 Å². The highest BCUT2D eigenvalue weighted by Crippen LogP contribution is 2.29. The molecule has 0 aliphatic rings. The van der Waals surface area contributed by atoms with Crippen LogP contribution in [-0.2, 0) is 4.79 Å². The van der Waals surface area contributed by atoms with Gasteiger partial charge in [0.1, 0.15) is 5.75 Å². The molecule has 0 heterocycles. The number of carbonyl (C=O) groups excluding carboxylic acids is 1. The lowest BCUT2D eigenvalue weighted by Gasteiger charge is -2.26. The first-order chi connectivity index (χ1) is 11.9. The van der Waals surface area contributed by atoms with Gasteiger partial charge in [0, 0.05) is 29.6 Å². The number of hydrogen-bond acceptors (Lipinski definition) is 5. The van der Waals surface area contributed by atoms with Crippen molar-refractivity contribution in [3.63, 3.8) is 0 Å². The average Bonchev–Trinajstić information content (AvgIpc) is 2.65. The van der Waals surface area contributed by atoms with Crippen molar-refractivity contribution in [1.29, 1.82) is 0 Å². The first-order valence-corrected chi connectivity index (χ1v) is 8.68. The molecule has 2 aromatic carbocycles. The van der Waals surface area contributed by atoms with Gasteiger partial charge in [0.15, 0.2) is 0 Å². The largest absolute Gasteiger partial charge is 0.496 e. The SMILES string of the molecule is COc1ccccc1C(C)N(C)C(=O)CSc1ccc([N+](=O)[O-])cc1. The van der Waals surface area contributed by atoms with Crippen LogP contribution in [0.2, 0.25) is 0 Å². The van der Waals surface area contributed by atoms with Crippen LogP contribution in [0.1, 0.15) is 18.5 Å². The quantitative estimate of drug-likeness (QED) is 0.425. The molecule has 0 spiro atoms. The molecule has 132 valence electrons. The summed E-state index contributed by atoms with van der Waals surface area (Å²) in [5.41, 5.74) is 0.985. The molecule has 0 radical (unpaired) electrons. The maximum atomic E-state index is 12.5. The Hall–Kier alpha value is -2.54. The van der Waals surface area contributed by atoms with Gasteiger partial charge in [-0.15, -0.1) is 11.8 Å². The van der Waals surface area contributed by atoms with Gasteiger partial charge in [-0.05, 0) is 25.1 Å². The van der Waals surface area contributed by atoms with E-state index >= 15 is 0 Å². The Balaban J connectivity index is 1.98. The molecule has 0 fully saturated rings. The van der Waals surface area contributed by atoms with E-state index in [1.807, 2.05) is 31.2 Å². The van der Waals surface area contributed by atoms with Crippen LogP contribution in [0.3, 0.4) is 0 Å². The number of ether oxygens (including phenoxy) is 1. The molecule has 0 saturated heterocycles. The first-order valence-electron chi connectivity index (χ1n) is 7.70. The van der Waals surface area contributed by atoms with Gasteiger partial charge in [-0.1, -0.05) is 18.2 Å². The van der Waals surface area contributed by atoms with Gasteiger partial charge < -0.3 is 9.64 Å². The lowest BCUT2D eigenvalue weighted by Crippen LogP contribution is -2.31. The number of hydrogen-bond donors (Lipinski definition) is 0. The van der Waals surface area contributed by atoms with Gasteiger partial charge in [0.25, 0.3) is 5.69 Å². The first kappa shape index (κ1) is 18.8. The van der Waals surface area contributed by atoms with Crippen molar-refractivity contribution in [2.24, 2.45) is 0 Å².